The highest BCUT2D eigenvalue weighted by Crippen LogP contribution is 2.40. The van der Waals surface area contributed by atoms with E-state index in [2.05, 4.69) is 207 Å². The standard InChI is InChI=1S/C46H29N3.C29H17F3N2O3S.C18H14BNO2/c1-2-11-32(12-3-1)44-41-27-24-31-10-4-5-13-38(31)45(41)48-46(47-44)36-21-20-34-28-33(18-19-35(34)29-36)30-22-25-37(26-23-30)49-42-16-8-6-14-39(42)40-15-7-9-17-43(40)49;30-29(31,32)38(35,36)37-23-14-12-20-16-22(11-10-21(20)17-23)28-33-26(19-7-2-1-3-8-19)25-15-13-18-6-4-5-9-24(18)27(25)34-28;21-19(22)13-9-11-14(12-10-13)20-17-7-3-1-5-15(17)16-6-2-4-8-18(16)20/h1-29H;1-17H;1-12,21-22H. The van der Waals surface area contributed by atoms with E-state index in [-0.39, 0.29) is 0 Å². The molecule has 4 aromatic heterocycles. The Morgan fingerprint density at radius 2 is 0.642 bits per heavy atom. The Morgan fingerprint density at radius 3 is 1.06 bits per heavy atom. The van der Waals surface area contributed by atoms with Crippen LogP contribution in [-0.2, 0) is 10.1 Å². The van der Waals surface area contributed by atoms with Gasteiger partial charge in [0.1, 0.15) is 5.75 Å². The molecule has 0 spiro atoms. The van der Waals surface area contributed by atoms with Crippen LogP contribution in [0.4, 0.5) is 13.2 Å². The van der Waals surface area contributed by atoms with Crippen molar-refractivity contribution in [2.45, 2.75) is 5.51 Å². The second kappa shape index (κ2) is 27.7. The van der Waals surface area contributed by atoms with Gasteiger partial charge in [-0.2, -0.15) is 21.6 Å². The van der Waals surface area contributed by atoms with Crippen LogP contribution in [0.25, 0.3) is 176 Å². The van der Waals surface area contributed by atoms with Crippen LogP contribution >= 0.6 is 0 Å². The molecule has 11 nitrogen and oxygen atoms in total. The van der Waals surface area contributed by atoms with Crippen molar-refractivity contribution in [3.05, 3.63) is 352 Å². The molecule has 16 heteroatoms. The molecule has 109 heavy (non-hydrogen) atoms. The fourth-order valence-corrected chi connectivity index (χ4v) is 15.2. The number of rotatable bonds is 10. The van der Waals surface area contributed by atoms with E-state index in [1.807, 2.05) is 109 Å². The summed E-state index contributed by atoms with van der Waals surface area (Å²) in [4.78, 5) is 20.2. The maximum Gasteiger partial charge on any atom is 0.534 e. The molecule has 20 rings (SSSR count). The average Bonchev–Trinajstić information content (AvgIpc) is 1.01. The van der Waals surface area contributed by atoms with Crippen molar-refractivity contribution in [3.63, 3.8) is 0 Å². The molecule has 0 aliphatic rings. The molecule has 0 amide bonds. The third-order valence-electron chi connectivity index (χ3n) is 20.0. The van der Waals surface area contributed by atoms with E-state index in [1.54, 1.807) is 30.3 Å². The van der Waals surface area contributed by atoms with Gasteiger partial charge >= 0.3 is 22.7 Å². The molecule has 20 aromatic rings. The number of halogens is 3. The molecule has 16 aromatic carbocycles. The SMILES string of the molecule is O=S(=O)(Oc1ccc2cc(-c3nc(-c4ccccc4)c4ccc5ccccc5c4n3)ccc2c1)C(F)(F)F.OB(O)c1ccc(-n2c3ccccc3c3ccccc32)cc1.c1ccc(-c2nc(-c3ccc4cc(-c5ccc(-n6c7ccccc7c7ccccc76)cc5)ccc4c3)nc3c2ccc2ccccc23)cc1. The summed E-state index contributed by atoms with van der Waals surface area (Å²) in [6, 6.07) is 117. The van der Waals surface area contributed by atoms with E-state index in [4.69, 9.17) is 19.9 Å². The van der Waals surface area contributed by atoms with Crippen LogP contribution in [0, 0.1) is 0 Å². The highest BCUT2D eigenvalue weighted by molar-refractivity contribution is 7.88. The predicted molar refractivity (Wildman–Crippen MR) is 437 cm³/mol. The summed E-state index contributed by atoms with van der Waals surface area (Å²) in [7, 11) is -7.20. The molecule has 0 radical (unpaired) electrons. The van der Waals surface area contributed by atoms with Gasteiger partial charge in [0.15, 0.2) is 11.6 Å². The van der Waals surface area contributed by atoms with Crippen molar-refractivity contribution < 1.29 is 35.8 Å². The Labute approximate surface area is 623 Å². The van der Waals surface area contributed by atoms with Gasteiger partial charge in [-0.05, 0) is 140 Å². The van der Waals surface area contributed by atoms with Crippen molar-refractivity contribution in [3.8, 4) is 73.5 Å². The highest BCUT2D eigenvalue weighted by atomic mass is 32.2. The molecular formula is C93H60BF3N6O5S. The molecule has 0 bridgehead atoms. The van der Waals surface area contributed by atoms with Gasteiger partial charge in [0.25, 0.3) is 0 Å². The first-order chi connectivity index (χ1) is 53.2. The lowest BCUT2D eigenvalue weighted by Gasteiger charge is -2.12. The van der Waals surface area contributed by atoms with Crippen molar-refractivity contribution in [2.75, 3.05) is 0 Å². The van der Waals surface area contributed by atoms with Crippen LogP contribution in [0.2, 0.25) is 0 Å². The first kappa shape index (κ1) is 67.3. The minimum atomic E-state index is -5.76. The minimum Gasteiger partial charge on any atom is -0.423 e. The van der Waals surface area contributed by atoms with E-state index >= 15 is 0 Å². The highest BCUT2D eigenvalue weighted by Gasteiger charge is 2.48. The summed E-state index contributed by atoms with van der Waals surface area (Å²) in [5, 5.41) is 33.2. The molecular weight excluding hydrogens is 1380 g/mol. The van der Waals surface area contributed by atoms with E-state index in [0.29, 0.717) is 27.6 Å². The molecule has 0 saturated heterocycles. The Bertz CT molecular complexity index is 6960. The number of alkyl halides is 3. The second-order valence-electron chi connectivity index (χ2n) is 26.6. The number of aromatic nitrogens is 6. The van der Waals surface area contributed by atoms with Crippen molar-refractivity contribution >= 4 is 131 Å². The first-order valence-electron chi connectivity index (χ1n) is 35.4. The van der Waals surface area contributed by atoms with Crippen LogP contribution in [0.1, 0.15) is 0 Å². The molecule has 0 aliphatic heterocycles. The molecule has 0 fully saturated rings. The van der Waals surface area contributed by atoms with Gasteiger partial charge in [-0.15, -0.1) is 0 Å². The molecule has 2 N–H and O–H groups in total. The lowest BCUT2D eigenvalue weighted by Crippen LogP contribution is -2.29. The largest absolute Gasteiger partial charge is 0.534 e. The summed E-state index contributed by atoms with van der Waals surface area (Å²) in [6.45, 7) is 0. The van der Waals surface area contributed by atoms with Crippen LogP contribution < -0.4 is 9.65 Å². The zero-order valence-electron chi connectivity index (χ0n) is 57.9. The quantitative estimate of drug-likeness (QED) is 0.0591. The Kier molecular flexibility index (Phi) is 17.1. The summed E-state index contributed by atoms with van der Waals surface area (Å²) < 4.78 is 69.7. The number of hydrogen-bond donors (Lipinski definition) is 2. The number of fused-ring (bicyclic) bond motifs is 14. The van der Waals surface area contributed by atoms with Crippen LogP contribution in [0.3, 0.4) is 0 Å². The van der Waals surface area contributed by atoms with Gasteiger partial charge in [-0.3, -0.25) is 0 Å². The number of nitrogens with zero attached hydrogens (tertiary/aromatic N) is 6. The summed E-state index contributed by atoms with van der Waals surface area (Å²) >= 11 is 0. The Morgan fingerprint density at radius 1 is 0.303 bits per heavy atom. The molecule has 0 atom stereocenters. The molecule has 522 valence electrons. The van der Waals surface area contributed by atoms with Crippen LogP contribution in [0.5, 0.6) is 5.75 Å². The topological polar surface area (TPSA) is 145 Å². The molecule has 0 aliphatic carbocycles. The van der Waals surface area contributed by atoms with Gasteiger partial charge < -0.3 is 23.4 Å². The van der Waals surface area contributed by atoms with E-state index in [9.17, 15) is 31.6 Å². The van der Waals surface area contributed by atoms with Gasteiger partial charge in [-0.1, -0.05) is 261 Å². The fraction of sp³-hybridized carbons (Fsp3) is 0.0108. The lowest BCUT2D eigenvalue weighted by atomic mass is 9.80. The van der Waals surface area contributed by atoms with E-state index in [1.165, 1.54) is 72.7 Å². The van der Waals surface area contributed by atoms with E-state index < -0.39 is 28.5 Å². The van der Waals surface area contributed by atoms with Gasteiger partial charge in [0.2, 0.25) is 0 Å². The van der Waals surface area contributed by atoms with Crippen molar-refractivity contribution in [1.29, 1.82) is 0 Å². The lowest BCUT2D eigenvalue weighted by molar-refractivity contribution is -0.0500. The van der Waals surface area contributed by atoms with Crippen LogP contribution in [-0.4, -0.2) is 60.2 Å². The molecule has 0 unspecified atom stereocenters. The minimum absolute atomic E-state index is 0.428. The van der Waals surface area contributed by atoms with Crippen LogP contribution in [0.15, 0.2) is 352 Å². The normalized spacial score (nSPS) is 11.8. The van der Waals surface area contributed by atoms with Gasteiger partial charge in [0.05, 0.1) is 44.5 Å². The number of para-hydroxylation sites is 4. The first-order valence-corrected chi connectivity index (χ1v) is 36.8. The van der Waals surface area contributed by atoms with Crippen molar-refractivity contribution in [2.24, 2.45) is 0 Å². The average molecular weight is 1440 g/mol. The third kappa shape index (κ3) is 12.6. The summed E-state index contributed by atoms with van der Waals surface area (Å²) in [5.41, 5.74) is 11.4. The van der Waals surface area contributed by atoms with Crippen molar-refractivity contribution in [1.82, 2.24) is 29.1 Å². The number of benzene rings is 16. The Hall–Kier alpha value is -13.6. The molecule has 4 heterocycles. The maximum absolute atomic E-state index is 12.7. The van der Waals surface area contributed by atoms with Gasteiger partial charge in [-0.25, -0.2) is 19.9 Å². The fourth-order valence-electron chi connectivity index (χ4n) is 14.8. The third-order valence-corrected chi connectivity index (χ3v) is 21.0. The predicted octanol–water partition coefficient (Wildman–Crippen LogP) is 22.0. The maximum atomic E-state index is 12.7. The summed E-state index contributed by atoms with van der Waals surface area (Å²) in [5.74, 6) is 0.784. The monoisotopic (exact) mass is 1440 g/mol. The summed E-state index contributed by atoms with van der Waals surface area (Å²) in [6.07, 6.45) is 0. The molecule has 0 saturated carbocycles. The zero-order chi connectivity index (χ0) is 73.9. The second-order valence-corrected chi connectivity index (χ2v) is 28.2. The smallest absolute Gasteiger partial charge is 0.423 e. The van der Waals surface area contributed by atoms with E-state index in [0.717, 1.165) is 99.7 Å². The van der Waals surface area contributed by atoms with Gasteiger partial charge in [0, 0.05) is 76.7 Å². The zero-order valence-corrected chi connectivity index (χ0v) is 58.7. The number of hydrogen-bond acceptors (Lipinski definition) is 9. The Balaban J connectivity index is 0.000000123.